The lowest BCUT2D eigenvalue weighted by Gasteiger charge is -2.13. The van der Waals surface area contributed by atoms with Crippen molar-refractivity contribution in [1.29, 1.82) is 0 Å². The fraction of sp³-hybridized carbons (Fsp3) is 0.267. The second-order valence-electron chi connectivity index (χ2n) is 5.11. The van der Waals surface area contributed by atoms with E-state index in [0.29, 0.717) is 24.7 Å². The molecule has 3 aromatic rings. The van der Waals surface area contributed by atoms with Gasteiger partial charge in [-0.2, -0.15) is 10.2 Å². The summed E-state index contributed by atoms with van der Waals surface area (Å²) in [6.45, 7) is 2.83. The van der Waals surface area contributed by atoms with Gasteiger partial charge in [0.25, 0.3) is 0 Å². The van der Waals surface area contributed by atoms with Gasteiger partial charge in [-0.05, 0) is 31.2 Å². The molecule has 3 aromatic heterocycles. The minimum absolute atomic E-state index is 0.0828. The third kappa shape index (κ3) is 3.75. The Morgan fingerprint density at radius 3 is 2.62 bits per heavy atom. The molecule has 24 heavy (non-hydrogen) atoms. The van der Waals surface area contributed by atoms with E-state index in [1.165, 1.54) is 0 Å². The molecule has 0 saturated carbocycles. The van der Waals surface area contributed by atoms with E-state index in [-0.39, 0.29) is 11.9 Å². The molecule has 124 valence electrons. The first kappa shape index (κ1) is 15.7. The fourth-order valence-corrected chi connectivity index (χ4v) is 2.10. The molecule has 2 N–H and O–H groups in total. The number of aromatic nitrogens is 6. The Labute approximate surface area is 138 Å². The maximum Gasteiger partial charge on any atom is 0.244 e. The van der Waals surface area contributed by atoms with Crippen LogP contribution in [0.1, 0.15) is 13.0 Å². The van der Waals surface area contributed by atoms with Crippen LogP contribution in [-0.4, -0.2) is 48.8 Å². The molecule has 0 aliphatic heterocycles. The zero-order valence-corrected chi connectivity index (χ0v) is 13.2. The quantitative estimate of drug-likeness (QED) is 0.618. The summed E-state index contributed by atoms with van der Waals surface area (Å²) < 4.78 is 3.25. The van der Waals surface area contributed by atoms with Crippen molar-refractivity contribution in [3.63, 3.8) is 0 Å². The smallest absolute Gasteiger partial charge is 0.244 e. The molecule has 0 aliphatic carbocycles. The molecule has 0 saturated heterocycles. The molecule has 0 spiro atoms. The molecule has 9 heteroatoms. The van der Waals surface area contributed by atoms with E-state index in [0.717, 1.165) is 0 Å². The first-order chi connectivity index (χ1) is 11.7. The number of nitrogens with zero attached hydrogens (tertiary/aromatic N) is 6. The van der Waals surface area contributed by atoms with Gasteiger partial charge in [0.2, 0.25) is 5.91 Å². The standard InChI is InChI=1S/C15H18N8O/c1-12(22-10-2-6-18-22)15(24)17-9-8-16-13-4-5-14(21-20-13)23-11-3-7-19-23/h2-7,10-12H,8-9H2,1H3,(H,16,20)(H,17,24). The first-order valence-corrected chi connectivity index (χ1v) is 7.58. The summed E-state index contributed by atoms with van der Waals surface area (Å²) in [6, 6.07) is 6.91. The first-order valence-electron chi connectivity index (χ1n) is 7.58. The molecule has 9 nitrogen and oxygen atoms in total. The molecule has 0 radical (unpaired) electrons. The van der Waals surface area contributed by atoms with E-state index in [1.807, 2.05) is 18.2 Å². The number of rotatable bonds is 7. The van der Waals surface area contributed by atoms with Crippen LogP contribution in [0, 0.1) is 0 Å². The van der Waals surface area contributed by atoms with Crippen molar-refractivity contribution in [3.8, 4) is 5.82 Å². The Hall–Kier alpha value is -3.23. The summed E-state index contributed by atoms with van der Waals surface area (Å²) in [5.74, 6) is 1.20. The fourth-order valence-electron chi connectivity index (χ4n) is 2.10. The molecule has 1 atom stereocenters. The average molecular weight is 326 g/mol. The number of hydrogen-bond donors (Lipinski definition) is 2. The maximum atomic E-state index is 12.0. The van der Waals surface area contributed by atoms with Crippen LogP contribution in [0.4, 0.5) is 5.82 Å². The topological polar surface area (TPSA) is 103 Å². The Kier molecular flexibility index (Phi) is 4.80. The van der Waals surface area contributed by atoms with E-state index >= 15 is 0 Å². The molecular weight excluding hydrogens is 308 g/mol. The summed E-state index contributed by atoms with van der Waals surface area (Å²) in [5, 5.41) is 22.3. The van der Waals surface area contributed by atoms with Crippen molar-refractivity contribution in [2.24, 2.45) is 0 Å². The van der Waals surface area contributed by atoms with E-state index in [2.05, 4.69) is 31.0 Å². The average Bonchev–Trinajstić information content (AvgIpc) is 3.32. The second kappa shape index (κ2) is 7.36. The highest BCUT2D eigenvalue weighted by Gasteiger charge is 2.13. The van der Waals surface area contributed by atoms with Gasteiger partial charge in [0.1, 0.15) is 11.9 Å². The van der Waals surface area contributed by atoms with Gasteiger partial charge in [0, 0.05) is 37.9 Å². The normalized spacial score (nSPS) is 11.9. The molecule has 3 rings (SSSR count). The Balaban J connectivity index is 1.42. The Morgan fingerprint density at radius 2 is 1.96 bits per heavy atom. The molecular formula is C15H18N8O. The van der Waals surface area contributed by atoms with Gasteiger partial charge in [-0.15, -0.1) is 10.2 Å². The van der Waals surface area contributed by atoms with E-state index in [9.17, 15) is 4.79 Å². The monoisotopic (exact) mass is 326 g/mol. The van der Waals surface area contributed by atoms with Crippen LogP contribution in [0.25, 0.3) is 5.82 Å². The SMILES string of the molecule is CC(C(=O)NCCNc1ccc(-n2cccn2)nn1)n1cccn1. The van der Waals surface area contributed by atoms with Gasteiger partial charge in [-0.25, -0.2) is 4.68 Å². The summed E-state index contributed by atoms with van der Waals surface area (Å²) in [5.41, 5.74) is 0. The second-order valence-corrected chi connectivity index (χ2v) is 5.11. The lowest BCUT2D eigenvalue weighted by molar-refractivity contribution is -0.124. The number of amides is 1. The number of anilines is 1. The predicted octanol–water partition coefficient (Wildman–Crippen LogP) is 0.648. The van der Waals surface area contributed by atoms with Gasteiger partial charge < -0.3 is 10.6 Å². The third-order valence-corrected chi connectivity index (χ3v) is 3.42. The van der Waals surface area contributed by atoms with Crippen LogP contribution in [0.5, 0.6) is 0 Å². The van der Waals surface area contributed by atoms with Crippen molar-refractivity contribution >= 4 is 11.7 Å². The van der Waals surface area contributed by atoms with E-state index in [4.69, 9.17) is 0 Å². The maximum absolute atomic E-state index is 12.0. The minimum Gasteiger partial charge on any atom is -0.367 e. The minimum atomic E-state index is -0.340. The lowest BCUT2D eigenvalue weighted by atomic mass is 10.3. The van der Waals surface area contributed by atoms with Crippen molar-refractivity contribution in [2.45, 2.75) is 13.0 Å². The molecule has 1 amide bonds. The molecule has 0 aromatic carbocycles. The zero-order chi connectivity index (χ0) is 16.8. The predicted molar refractivity (Wildman–Crippen MR) is 87.6 cm³/mol. The summed E-state index contributed by atoms with van der Waals surface area (Å²) >= 11 is 0. The number of hydrogen-bond acceptors (Lipinski definition) is 6. The van der Waals surface area contributed by atoms with Crippen LogP contribution >= 0.6 is 0 Å². The summed E-state index contributed by atoms with van der Waals surface area (Å²) in [7, 11) is 0. The summed E-state index contributed by atoms with van der Waals surface area (Å²) in [6.07, 6.45) is 6.89. The summed E-state index contributed by atoms with van der Waals surface area (Å²) in [4.78, 5) is 12.0. The van der Waals surface area contributed by atoms with Crippen LogP contribution in [0.15, 0.2) is 49.1 Å². The van der Waals surface area contributed by atoms with Crippen molar-refractivity contribution in [3.05, 3.63) is 49.1 Å². The molecule has 0 bridgehead atoms. The van der Waals surface area contributed by atoms with Gasteiger partial charge in [-0.1, -0.05) is 0 Å². The van der Waals surface area contributed by atoms with Gasteiger partial charge in [-0.3, -0.25) is 9.48 Å². The number of carbonyl (C=O) groups is 1. The van der Waals surface area contributed by atoms with Crippen LogP contribution in [0.3, 0.4) is 0 Å². The molecule has 1 unspecified atom stereocenters. The molecule has 0 aliphatic rings. The molecule has 3 heterocycles. The van der Waals surface area contributed by atoms with Crippen LogP contribution in [-0.2, 0) is 4.79 Å². The lowest BCUT2D eigenvalue weighted by Crippen LogP contribution is -2.34. The third-order valence-electron chi connectivity index (χ3n) is 3.42. The highest BCUT2D eigenvalue weighted by atomic mass is 16.2. The van der Waals surface area contributed by atoms with Crippen molar-refractivity contribution < 1.29 is 4.79 Å². The zero-order valence-electron chi connectivity index (χ0n) is 13.2. The highest BCUT2D eigenvalue weighted by Crippen LogP contribution is 2.05. The van der Waals surface area contributed by atoms with Gasteiger partial charge in [0.15, 0.2) is 5.82 Å². The van der Waals surface area contributed by atoms with Crippen LogP contribution < -0.4 is 10.6 Å². The van der Waals surface area contributed by atoms with Gasteiger partial charge in [0.05, 0.1) is 0 Å². The largest absolute Gasteiger partial charge is 0.367 e. The number of nitrogens with one attached hydrogen (secondary N) is 2. The number of carbonyl (C=O) groups excluding carboxylic acids is 1. The highest BCUT2D eigenvalue weighted by molar-refractivity contribution is 5.79. The van der Waals surface area contributed by atoms with Crippen LogP contribution in [0.2, 0.25) is 0 Å². The van der Waals surface area contributed by atoms with Gasteiger partial charge >= 0.3 is 0 Å². The molecule has 0 fully saturated rings. The van der Waals surface area contributed by atoms with Crippen molar-refractivity contribution in [2.75, 3.05) is 18.4 Å². The van der Waals surface area contributed by atoms with E-state index < -0.39 is 0 Å². The van der Waals surface area contributed by atoms with E-state index in [1.54, 1.807) is 47.1 Å². The Bertz CT molecular complexity index is 751. The van der Waals surface area contributed by atoms with Crippen molar-refractivity contribution in [1.82, 2.24) is 35.1 Å². The Morgan fingerprint density at radius 1 is 1.12 bits per heavy atom.